The maximum atomic E-state index is 12.6. The lowest BCUT2D eigenvalue weighted by Crippen LogP contribution is -2.53. The quantitative estimate of drug-likeness (QED) is 0.513. The van der Waals surface area contributed by atoms with Crippen LogP contribution in [0.3, 0.4) is 0 Å². The summed E-state index contributed by atoms with van der Waals surface area (Å²) in [7, 11) is 0. The predicted octanol–water partition coefficient (Wildman–Crippen LogP) is 2.37. The molecule has 0 saturated carbocycles. The van der Waals surface area contributed by atoms with Crippen molar-refractivity contribution in [3.8, 4) is 6.01 Å². The third kappa shape index (κ3) is 4.41. The molecule has 0 aliphatic carbocycles. The summed E-state index contributed by atoms with van der Waals surface area (Å²) in [5.74, 6) is -0.0543. The molecule has 0 bridgehead atoms. The molecule has 0 radical (unpaired) electrons. The van der Waals surface area contributed by atoms with Crippen LogP contribution in [0.2, 0.25) is 5.02 Å². The Morgan fingerprint density at radius 2 is 2.03 bits per heavy atom. The molecular weight excluding hydrogens is 410 g/mol. The number of halogens is 1. The van der Waals surface area contributed by atoms with Gasteiger partial charge in [-0.2, -0.15) is 0 Å². The van der Waals surface area contributed by atoms with Crippen molar-refractivity contribution in [1.29, 1.82) is 0 Å². The number of carbonyl (C=O) groups is 1. The molecule has 1 saturated heterocycles. The zero-order valence-electron chi connectivity index (χ0n) is 16.8. The van der Waals surface area contributed by atoms with E-state index in [1.54, 1.807) is 4.57 Å². The number of rotatable bonds is 6. The molecule has 0 spiro atoms. The molecule has 4 rings (SSSR count). The van der Waals surface area contributed by atoms with Gasteiger partial charge in [0.25, 0.3) is 0 Å². The summed E-state index contributed by atoms with van der Waals surface area (Å²) in [6.45, 7) is 6.04. The third-order valence-corrected chi connectivity index (χ3v) is 5.97. The van der Waals surface area contributed by atoms with Crippen LogP contribution in [0.4, 0.5) is 5.82 Å². The number of imidazole rings is 1. The molecule has 1 fully saturated rings. The topological polar surface area (TPSA) is 93.7 Å². The van der Waals surface area contributed by atoms with Gasteiger partial charge in [-0.1, -0.05) is 29.8 Å². The van der Waals surface area contributed by atoms with Gasteiger partial charge in [-0.05, 0) is 29.9 Å². The summed E-state index contributed by atoms with van der Waals surface area (Å²) >= 11 is 6.17. The number of hydrogen-bond donors (Lipinski definition) is 0. The zero-order valence-corrected chi connectivity index (χ0v) is 17.5. The van der Waals surface area contributed by atoms with E-state index < -0.39 is 10.5 Å². The summed E-state index contributed by atoms with van der Waals surface area (Å²) in [6, 6.07) is 7.90. The lowest BCUT2D eigenvalue weighted by molar-refractivity contribution is -0.389. The highest BCUT2D eigenvalue weighted by Gasteiger charge is 2.41. The second kappa shape index (κ2) is 8.23. The van der Waals surface area contributed by atoms with Crippen LogP contribution in [0.1, 0.15) is 18.9 Å². The molecule has 3 heterocycles. The van der Waals surface area contributed by atoms with E-state index in [0.717, 1.165) is 18.7 Å². The Balaban J connectivity index is 1.24. The first kappa shape index (κ1) is 20.6. The van der Waals surface area contributed by atoms with Gasteiger partial charge in [0.2, 0.25) is 5.91 Å². The van der Waals surface area contributed by atoms with Gasteiger partial charge in [0.1, 0.15) is 11.8 Å². The van der Waals surface area contributed by atoms with Gasteiger partial charge in [0, 0.05) is 49.2 Å². The van der Waals surface area contributed by atoms with E-state index in [-0.39, 0.29) is 17.7 Å². The van der Waals surface area contributed by atoms with Crippen molar-refractivity contribution in [2.24, 2.45) is 0 Å². The molecule has 1 aromatic carbocycles. The van der Waals surface area contributed by atoms with Gasteiger partial charge in [0.15, 0.2) is 0 Å². The van der Waals surface area contributed by atoms with Gasteiger partial charge >= 0.3 is 11.8 Å². The third-order valence-electron chi connectivity index (χ3n) is 5.61. The summed E-state index contributed by atoms with van der Waals surface area (Å²) in [5, 5.41) is 11.5. The molecule has 2 aromatic rings. The van der Waals surface area contributed by atoms with E-state index >= 15 is 0 Å². The fourth-order valence-electron chi connectivity index (χ4n) is 4.09. The number of piperazine rings is 1. The van der Waals surface area contributed by atoms with Crippen molar-refractivity contribution in [2.75, 3.05) is 32.7 Å². The number of nitrogens with zero attached hydrogens (tertiary/aromatic N) is 5. The van der Waals surface area contributed by atoms with Gasteiger partial charge in [-0.25, -0.2) is 0 Å². The molecule has 1 atom stereocenters. The van der Waals surface area contributed by atoms with Crippen LogP contribution >= 0.6 is 11.6 Å². The van der Waals surface area contributed by atoms with E-state index in [9.17, 15) is 14.9 Å². The second-order valence-corrected chi connectivity index (χ2v) is 8.47. The van der Waals surface area contributed by atoms with Crippen LogP contribution in [0.5, 0.6) is 6.01 Å². The Hall–Kier alpha value is -2.65. The van der Waals surface area contributed by atoms with Crippen LogP contribution in [-0.4, -0.2) is 68.5 Å². The average molecular weight is 434 g/mol. The zero-order chi connectivity index (χ0) is 21.3. The van der Waals surface area contributed by atoms with Crippen molar-refractivity contribution in [2.45, 2.75) is 31.9 Å². The first-order valence-corrected chi connectivity index (χ1v) is 10.3. The molecule has 160 valence electrons. The van der Waals surface area contributed by atoms with Gasteiger partial charge in [-0.15, -0.1) is 0 Å². The van der Waals surface area contributed by atoms with Crippen molar-refractivity contribution >= 4 is 23.3 Å². The van der Waals surface area contributed by atoms with Crippen molar-refractivity contribution < 1.29 is 14.5 Å². The highest BCUT2D eigenvalue weighted by molar-refractivity contribution is 6.31. The Morgan fingerprint density at radius 3 is 2.70 bits per heavy atom. The molecule has 2 aliphatic heterocycles. The lowest BCUT2D eigenvalue weighted by atomic mass is 10.1. The van der Waals surface area contributed by atoms with Gasteiger partial charge in [0.05, 0.1) is 6.54 Å². The maximum absolute atomic E-state index is 12.6. The minimum atomic E-state index is -0.520. The van der Waals surface area contributed by atoms with Crippen LogP contribution < -0.4 is 4.74 Å². The van der Waals surface area contributed by atoms with Crippen molar-refractivity contribution in [1.82, 2.24) is 19.4 Å². The van der Waals surface area contributed by atoms with Crippen molar-refractivity contribution in [3.63, 3.8) is 0 Å². The number of fused-ring (bicyclic) bond motifs is 1. The highest BCUT2D eigenvalue weighted by atomic mass is 35.5. The number of nitro groups is 1. The number of aromatic nitrogens is 2. The number of aryl methyl sites for hydroxylation is 1. The standard InChI is InChI=1S/C20H24ClN5O4/c1-20(14-25-12-17(26(28)29)22-19(25)30-20)13-23-8-10-24(11-9-23)18(27)7-6-15-4-2-3-5-16(15)21/h2-5,12H,6-11,13-14H2,1H3/t20-/m0/s1. The Morgan fingerprint density at radius 1 is 1.30 bits per heavy atom. The summed E-state index contributed by atoms with van der Waals surface area (Å²) < 4.78 is 7.60. The van der Waals surface area contributed by atoms with E-state index in [1.807, 2.05) is 36.1 Å². The van der Waals surface area contributed by atoms with Gasteiger partial charge in [-0.3, -0.25) is 14.3 Å². The Bertz CT molecular complexity index is 931. The smallest absolute Gasteiger partial charge is 0.415 e. The maximum Gasteiger partial charge on any atom is 0.415 e. The van der Waals surface area contributed by atoms with Crippen molar-refractivity contribution in [3.05, 3.63) is 51.2 Å². The van der Waals surface area contributed by atoms with Crippen LogP contribution in [-0.2, 0) is 17.8 Å². The SMILES string of the molecule is C[C@]1(CN2CCN(C(=O)CCc3ccccc3Cl)CC2)Cn2cc([N+](=O)[O-])nc2O1. The van der Waals surface area contributed by atoms with E-state index in [0.29, 0.717) is 44.0 Å². The molecule has 0 unspecified atom stereocenters. The fourth-order valence-corrected chi connectivity index (χ4v) is 4.32. The van der Waals surface area contributed by atoms with Crippen LogP contribution in [0.25, 0.3) is 0 Å². The largest absolute Gasteiger partial charge is 0.436 e. The lowest BCUT2D eigenvalue weighted by Gasteiger charge is -2.38. The first-order valence-electron chi connectivity index (χ1n) is 9.97. The number of carbonyl (C=O) groups excluding carboxylic acids is 1. The van der Waals surface area contributed by atoms with E-state index in [2.05, 4.69) is 9.88 Å². The predicted molar refractivity (Wildman–Crippen MR) is 111 cm³/mol. The highest BCUT2D eigenvalue weighted by Crippen LogP contribution is 2.31. The summed E-state index contributed by atoms with van der Waals surface area (Å²) in [5.41, 5.74) is 0.503. The Labute approximate surface area is 179 Å². The number of hydrogen-bond acceptors (Lipinski definition) is 6. The second-order valence-electron chi connectivity index (χ2n) is 8.07. The van der Waals surface area contributed by atoms with E-state index in [4.69, 9.17) is 16.3 Å². The molecule has 0 N–H and O–H groups in total. The van der Waals surface area contributed by atoms with Crippen LogP contribution in [0, 0.1) is 10.1 Å². The normalized spacial score (nSPS) is 21.3. The van der Waals surface area contributed by atoms with E-state index in [1.165, 1.54) is 6.20 Å². The Kier molecular flexibility index (Phi) is 5.66. The molecule has 1 amide bonds. The molecule has 10 heteroatoms. The molecular formula is C20H24ClN5O4. The van der Waals surface area contributed by atoms with Gasteiger partial charge < -0.3 is 19.8 Å². The first-order chi connectivity index (χ1) is 14.3. The monoisotopic (exact) mass is 433 g/mol. The minimum absolute atomic E-state index is 0.144. The molecule has 9 nitrogen and oxygen atoms in total. The summed E-state index contributed by atoms with van der Waals surface area (Å²) in [6.07, 6.45) is 2.50. The number of benzene rings is 1. The number of ether oxygens (including phenoxy) is 1. The average Bonchev–Trinajstić information content (AvgIpc) is 3.23. The summed E-state index contributed by atoms with van der Waals surface area (Å²) in [4.78, 5) is 31.0. The molecule has 2 aliphatic rings. The molecule has 1 aromatic heterocycles. The number of amides is 1. The fraction of sp³-hybridized carbons (Fsp3) is 0.500. The minimum Gasteiger partial charge on any atom is -0.436 e. The van der Waals surface area contributed by atoms with Crippen LogP contribution in [0.15, 0.2) is 30.5 Å². The molecule has 30 heavy (non-hydrogen) atoms.